The van der Waals surface area contributed by atoms with Gasteiger partial charge < -0.3 is 0 Å². The van der Waals surface area contributed by atoms with E-state index in [1.807, 2.05) is 0 Å². The van der Waals surface area contributed by atoms with Crippen molar-refractivity contribution in [2.75, 3.05) is 0 Å². The topological polar surface area (TPSA) is 0 Å². The molecular formula is C54H56Si. The van der Waals surface area contributed by atoms with E-state index in [1.165, 1.54) is 78.8 Å². The lowest BCUT2D eigenvalue weighted by Gasteiger charge is -2.24. The second kappa shape index (κ2) is 16.0. The van der Waals surface area contributed by atoms with Gasteiger partial charge in [-0.2, -0.15) is 0 Å². The molecule has 0 saturated heterocycles. The van der Waals surface area contributed by atoms with Crippen LogP contribution < -0.4 is 0 Å². The SMILES string of the molecule is CCc1ccc2c(c1-c1ccccc1-c1ccccc1)C=C(C(C)C)C2C[SiH2]CC1C(C(C)C)=Cc2c1ccc(CC)c2-c1ccccc1-c1ccccc1. The van der Waals surface area contributed by atoms with E-state index in [-0.39, 0.29) is 0 Å². The number of rotatable bonds is 12. The normalized spacial score (nSPS) is 16.2. The van der Waals surface area contributed by atoms with Crippen molar-refractivity contribution in [1.29, 1.82) is 0 Å². The van der Waals surface area contributed by atoms with Gasteiger partial charge >= 0.3 is 0 Å². The van der Waals surface area contributed by atoms with Crippen LogP contribution in [0.2, 0.25) is 12.1 Å². The molecule has 0 aromatic heterocycles. The summed E-state index contributed by atoms with van der Waals surface area (Å²) in [5.74, 6) is 2.06. The summed E-state index contributed by atoms with van der Waals surface area (Å²) in [5.41, 5.74) is 23.1. The zero-order valence-electron chi connectivity index (χ0n) is 33.7. The first kappa shape index (κ1) is 37.0. The fourth-order valence-electron chi connectivity index (χ4n) is 9.85. The van der Waals surface area contributed by atoms with Gasteiger partial charge in [-0.1, -0.05) is 210 Å². The largest absolute Gasteiger partial charge is 0.0622 e. The molecule has 0 fully saturated rings. The Bertz CT molecular complexity index is 2200. The summed E-state index contributed by atoms with van der Waals surface area (Å²) < 4.78 is 0. The maximum atomic E-state index is 2.61. The van der Waals surface area contributed by atoms with Crippen LogP contribution >= 0.6 is 0 Å². The molecule has 8 rings (SSSR count). The van der Waals surface area contributed by atoms with Crippen LogP contribution in [0.3, 0.4) is 0 Å². The minimum Gasteiger partial charge on any atom is -0.0622 e. The van der Waals surface area contributed by atoms with Gasteiger partial charge in [0.15, 0.2) is 0 Å². The van der Waals surface area contributed by atoms with Crippen LogP contribution in [0.4, 0.5) is 0 Å². The molecule has 2 atom stereocenters. The fourth-order valence-corrected chi connectivity index (χ4v) is 12.2. The quantitative estimate of drug-likeness (QED) is 0.110. The van der Waals surface area contributed by atoms with Crippen LogP contribution in [0.25, 0.3) is 56.7 Å². The molecule has 2 aliphatic carbocycles. The standard InChI is InChI=1S/C54H56Si/c1-7-37-27-29-43-49(53(37)45-25-17-15-23-41(45)39-19-11-9-12-20-39)31-47(35(3)4)51(43)33-55-34-52-44-30-28-38(8-2)54(50(44)32-48(52)36(5)6)46-26-18-16-24-42(46)40-21-13-10-14-22-40/h9-32,35-36,51-52H,7-8,33-34,55H2,1-6H3. The minimum atomic E-state index is -0.415. The van der Waals surface area contributed by atoms with Crippen molar-refractivity contribution in [3.8, 4) is 44.5 Å². The van der Waals surface area contributed by atoms with Crippen molar-refractivity contribution in [3.63, 3.8) is 0 Å². The average molecular weight is 733 g/mol. The molecule has 0 amide bonds. The van der Waals surface area contributed by atoms with E-state index in [1.54, 1.807) is 22.3 Å². The molecule has 2 unspecified atom stereocenters. The van der Waals surface area contributed by atoms with Gasteiger partial charge in [0, 0.05) is 21.4 Å². The Balaban J connectivity index is 1.14. The molecule has 276 valence electrons. The highest BCUT2D eigenvalue weighted by Crippen LogP contribution is 2.51. The van der Waals surface area contributed by atoms with Crippen molar-refractivity contribution in [3.05, 3.63) is 178 Å². The summed E-state index contributed by atoms with van der Waals surface area (Å²) >= 11 is 0. The third kappa shape index (κ3) is 6.93. The first-order chi connectivity index (χ1) is 26.9. The Hall–Kier alpha value is -4.98. The zero-order valence-corrected chi connectivity index (χ0v) is 35.1. The summed E-state index contributed by atoms with van der Waals surface area (Å²) in [5, 5.41) is 0. The van der Waals surface area contributed by atoms with Gasteiger partial charge in [0.05, 0.1) is 0 Å². The van der Waals surface area contributed by atoms with Gasteiger partial charge in [0.2, 0.25) is 0 Å². The number of hydrogen-bond donors (Lipinski definition) is 0. The van der Waals surface area contributed by atoms with E-state index in [0.29, 0.717) is 23.7 Å². The molecule has 0 bridgehead atoms. The molecule has 1 heteroatoms. The number of hydrogen-bond acceptors (Lipinski definition) is 0. The van der Waals surface area contributed by atoms with Gasteiger partial charge in [-0.05, 0) is 103 Å². The zero-order chi connectivity index (χ0) is 38.1. The van der Waals surface area contributed by atoms with Gasteiger partial charge in [-0.15, -0.1) is 0 Å². The van der Waals surface area contributed by atoms with Crippen molar-refractivity contribution in [2.45, 2.75) is 78.3 Å². The summed E-state index contributed by atoms with van der Waals surface area (Å²) in [6.45, 7) is 14.3. The Morgan fingerprint density at radius 3 is 1.16 bits per heavy atom. The lowest BCUT2D eigenvalue weighted by atomic mass is 9.85. The molecule has 6 aromatic rings. The Morgan fingerprint density at radius 1 is 0.436 bits per heavy atom. The Kier molecular flexibility index (Phi) is 10.8. The highest BCUT2D eigenvalue weighted by molar-refractivity contribution is 6.36. The molecule has 0 aliphatic heterocycles. The van der Waals surface area contributed by atoms with Crippen LogP contribution in [0.1, 0.15) is 86.8 Å². The lowest BCUT2D eigenvalue weighted by molar-refractivity contribution is 0.686. The molecule has 2 aliphatic rings. The summed E-state index contributed by atoms with van der Waals surface area (Å²) in [4.78, 5) is 0. The summed E-state index contributed by atoms with van der Waals surface area (Å²) in [7, 11) is -0.415. The van der Waals surface area contributed by atoms with E-state index in [9.17, 15) is 0 Å². The third-order valence-corrected chi connectivity index (χ3v) is 14.5. The summed E-state index contributed by atoms with van der Waals surface area (Å²) in [6.07, 6.45) is 7.28. The van der Waals surface area contributed by atoms with Crippen LogP contribution in [0, 0.1) is 11.8 Å². The predicted octanol–water partition coefficient (Wildman–Crippen LogP) is 14.5. The molecule has 0 radical (unpaired) electrons. The van der Waals surface area contributed by atoms with E-state index < -0.39 is 9.52 Å². The second-order valence-corrected chi connectivity index (χ2v) is 18.2. The highest BCUT2D eigenvalue weighted by atomic mass is 28.2. The number of allylic oxidation sites excluding steroid dienone is 2. The lowest BCUT2D eigenvalue weighted by Crippen LogP contribution is -2.11. The van der Waals surface area contributed by atoms with Crippen LogP contribution in [-0.2, 0) is 12.8 Å². The fraction of sp³-hybridized carbons (Fsp3) is 0.259. The van der Waals surface area contributed by atoms with Gasteiger partial charge in [0.25, 0.3) is 0 Å². The number of benzene rings is 6. The molecule has 0 N–H and O–H groups in total. The second-order valence-electron chi connectivity index (χ2n) is 16.4. The van der Waals surface area contributed by atoms with Crippen molar-refractivity contribution in [1.82, 2.24) is 0 Å². The minimum absolute atomic E-state index is 0.415. The molecule has 0 nitrogen and oxygen atoms in total. The maximum absolute atomic E-state index is 2.61. The van der Waals surface area contributed by atoms with Crippen molar-refractivity contribution < 1.29 is 0 Å². The van der Waals surface area contributed by atoms with Gasteiger partial charge in [0.1, 0.15) is 0 Å². The van der Waals surface area contributed by atoms with Crippen LogP contribution in [0.5, 0.6) is 0 Å². The van der Waals surface area contributed by atoms with Gasteiger partial charge in [-0.25, -0.2) is 0 Å². The highest BCUT2D eigenvalue weighted by Gasteiger charge is 2.33. The van der Waals surface area contributed by atoms with E-state index in [0.717, 1.165) is 12.8 Å². The smallest absolute Gasteiger partial charge is 0.0218 e. The molecule has 55 heavy (non-hydrogen) atoms. The maximum Gasteiger partial charge on any atom is 0.0218 e. The predicted molar refractivity (Wildman–Crippen MR) is 243 cm³/mol. The average Bonchev–Trinajstić information content (AvgIpc) is 3.79. The van der Waals surface area contributed by atoms with Crippen LogP contribution in [-0.4, -0.2) is 9.52 Å². The number of aryl methyl sites for hydroxylation is 2. The van der Waals surface area contributed by atoms with Crippen molar-refractivity contribution >= 4 is 21.7 Å². The van der Waals surface area contributed by atoms with E-state index >= 15 is 0 Å². The van der Waals surface area contributed by atoms with Gasteiger partial charge in [-0.3, -0.25) is 0 Å². The number of fused-ring (bicyclic) bond motifs is 2. The van der Waals surface area contributed by atoms with Crippen molar-refractivity contribution in [2.24, 2.45) is 11.8 Å². The molecular weight excluding hydrogens is 677 g/mol. The first-order valence-electron chi connectivity index (χ1n) is 20.9. The van der Waals surface area contributed by atoms with Crippen LogP contribution in [0.15, 0.2) is 145 Å². The molecule has 0 spiro atoms. The first-order valence-corrected chi connectivity index (χ1v) is 22.9. The van der Waals surface area contributed by atoms with E-state index in [4.69, 9.17) is 0 Å². The third-order valence-electron chi connectivity index (χ3n) is 12.6. The molecule has 0 heterocycles. The molecule has 6 aromatic carbocycles. The Morgan fingerprint density at radius 2 is 0.800 bits per heavy atom. The monoisotopic (exact) mass is 732 g/mol. The van der Waals surface area contributed by atoms with E-state index in [2.05, 4.69) is 187 Å². The Labute approximate surface area is 332 Å². The molecule has 0 saturated carbocycles. The summed E-state index contributed by atoms with van der Waals surface area (Å²) in [6, 6.07) is 52.6.